The fourth-order valence-corrected chi connectivity index (χ4v) is 2.39. The SMILES string of the molecule is Cn1nnnc1SCCCC(=O)C(=O)c1ccccc1. The van der Waals surface area contributed by atoms with Crippen molar-refractivity contribution in [3.05, 3.63) is 35.9 Å². The minimum atomic E-state index is -0.420. The van der Waals surface area contributed by atoms with Gasteiger partial charge in [-0.3, -0.25) is 9.59 Å². The van der Waals surface area contributed by atoms with Crippen molar-refractivity contribution in [3.8, 4) is 0 Å². The number of benzene rings is 1. The molecule has 0 aliphatic rings. The lowest BCUT2D eigenvalue weighted by atomic mass is 10.0. The van der Waals surface area contributed by atoms with E-state index in [0.717, 1.165) is 0 Å². The lowest BCUT2D eigenvalue weighted by Gasteiger charge is -2.01. The number of hydrogen-bond acceptors (Lipinski definition) is 6. The summed E-state index contributed by atoms with van der Waals surface area (Å²) in [5.74, 6) is -0.0778. The predicted octanol–water partition coefficient (Wildman–Crippen LogP) is 1.53. The van der Waals surface area contributed by atoms with E-state index in [1.54, 1.807) is 36.0 Å². The van der Waals surface area contributed by atoms with Crippen LogP contribution in [0.15, 0.2) is 35.5 Å². The van der Waals surface area contributed by atoms with E-state index in [1.165, 1.54) is 11.8 Å². The maximum atomic E-state index is 11.8. The quantitative estimate of drug-likeness (QED) is 0.333. The molecule has 2 aromatic rings. The van der Waals surface area contributed by atoms with Crippen molar-refractivity contribution in [1.82, 2.24) is 20.2 Å². The van der Waals surface area contributed by atoms with Crippen LogP contribution >= 0.6 is 11.8 Å². The molecule has 0 saturated carbocycles. The molecule has 6 nitrogen and oxygen atoms in total. The molecule has 0 spiro atoms. The molecule has 0 unspecified atom stereocenters. The van der Waals surface area contributed by atoms with Crippen LogP contribution in [0.2, 0.25) is 0 Å². The number of hydrogen-bond donors (Lipinski definition) is 0. The van der Waals surface area contributed by atoms with Crippen LogP contribution in [0.5, 0.6) is 0 Å². The standard InChI is InChI=1S/C13H14N4O2S/c1-17-13(14-15-16-17)20-9-5-8-11(18)12(19)10-6-3-2-4-7-10/h2-4,6-7H,5,8-9H2,1H3. The highest BCUT2D eigenvalue weighted by Gasteiger charge is 2.15. The van der Waals surface area contributed by atoms with Crippen molar-refractivity contribution in [2.24, 2.45) is 7.05 Å². The summed E-state index contributed by atoms with van der Waals surface area (Å²) < 4.78 is 1.57. The summed E-state index contributed by atoms with van der Waals surface area (Å²) in [6.07, 6.45) is 0.862. The minimum absolute atomic E-state index is 0.242. The Balaban J connectivity index is 1.76. The van der Waals surface area contributed by atoms with Gasteiger partial charge in [-0.25, -0.2) is 4.68 Å². The molecule has 1 aromatic heterocycles. The monoisotopic (exact) mass is 290 g/mol. The van der Waals surface area contributed by atoms with E-state index in [4.69, 9.17) is 0 Å². The zero-order valence-electron chi connectivity index (χ0n) is 11.0. The van der Waals surface area contributed by atoms with Crippen molar-refractivity contribution >= 4 is 23.3 Å². The second-order valence-corrected chi connectivity index (χ2v) is 5.22. The van der Waals surface area contributed by atoms with Crippen LogP contribution in [-0.2, 0) is 11.8 Å². The van der Waals surface area contributed by atoms with E-state index in [2.05, 4.69) is 15.5 Å². The summed E-state index contributed by atoms with van der Waals surface area (Å²) >= 11 is 1.47. The van der Waals surface area contributed by atoms with Gasteiger partial charge in [-0.2, -0.15) is 0 Å². The number of ketones is 2. The first-order valence-electron chi connectivity index (χ1n) is 6.16. The van der Waals surface area contributed by atoms with Gasteiger partial charge in [0.2, 0.25) is 16.7 Å². The fourth-order valence-electron chi connectivity index (χ4n) is 1.60. The molecule has 0 amide bonds. The topological polar surface area (TPSA) is 77.7 Å². The van der Waals surface area contributed by atoms with Gasteiger partial charge in [0.05, 0.1) is 0 Å². The molecule has 7 heteroatoms. The highest BCUT2D eigenvalue weighted by molar-refractivity contribution is 7.99. The van der Waals surface area contributed by atoms with Crippen molar-refractivity contribution in [1.29, 1.82) is 0 Å². The highest BCUT2D eigenvalue weighted by atomic mass is 32.2. The summed E-state index contributed by atoms with van der Waals surface area (Å²) in [6.45, 7) is 0. The van der Waals surface area contributed by atoms with Gasteiger partial charge in [0, 0.05) is 24.8 Å². The first-order valence-corrected chi connectivity index (χ1v) is 7.15. The smallest absolute Gasteiger partial charge is 0.228 e. The van der Waals surface area contributed by atoms with Crippen molar-refractivity contribution in [2.75, 3.05) is 5.75 Å². The third-order valence-corrected chi connectivity index (χ3v) is 3.75. The first kappa shape index (κ1) is 14.4. The Labute approximate surface area is 120 Å². The molecule has 1 aromatic carbocycles. The number of Topliss-reactive ketones (excluding diaryl/α,β-unsaturated/α-hetero) is 2. The number of carbonyl (C=O) groups is 2. The highest BCUT2D eigenvalue weighted by Crippen LogP contribution is 2.15. The molecule has 0 aliphatic heterocycles. The molecule has 0 N–H and O–H groups in total. The van der Waals surface area contributed by atoms with Crippen molar-refractivity contribution in [2.45, 2.75) is 18.0 Å². The molecular formula is C13H14N4O2S. The van der Waals surface area contributed by atoms with Crippen LogP contribution in [0.3, 0.4) is 0 Å². The fraction of sp³-hybridized carbons (Fsp3) is 0.308. The van der Waals surface area contributed by atoms with E-state index in [-0.39, 0.29) is 12.2 Å². The lowest BCUT2D eigenvalue weighted by Crippen LogP contribution is -2.14. The maximum absolute atomic E-state index is 11.8. The average molecular weight is 290 g/mol. The second-order valence-electron chi connectivity index (χ2n) is 4.16. The van der Waals surface area contributed by atoms with Gasteiger partial charge >= 0.3 is 0 Å². The first-order chi connectivity index (χ1) is 9.68. The molecule has 0 aliphatic carbocycles. The van der Waals surface area contributed by atoms with E-state index in [1.807, 2.05) is 6.07 Å². The average Bonchev–Trinajstić information content (AvgIpc) is 2.89. The Bertz CT molecular complexity index is 597. The molecule has 1 heterocycles. The van der Waals surface area contributed by atoms with Gasteiger partial charge in [0.25, 0.3) is 0 Å². The molecule has 20 heavy (non-hydrogen) atoms. The predicted molar refractivity (Wildman–Crippen MR) is 74.5 cm³/mol. The summed E-state index contributed by atoms with van der Waals surface area (Å²) in [7, 11) is 1.76. The third kappa shape index (κ3) is 3.74. The molecule has 0 bridgehead atoms. The zero-order chi connectivity index (χ0) is 14.4. The van der Waals surface area contributed by atoms with Gasteiger partial charge in [-0.1, -0.05) is 42.1 Å². The van der Waals surface area contributed by atoms with Gasteiger partial charge < -0.3 is 0 Å². The van der Waals surface area contributed by atoms with Crippen LogP contribution in [0, 0.1) is 0 Å². The van der Waals surface area contributed by atoms with Gasteiger partial charge in [-0.15, -0.1) is 5.10 Å². The Hall–Kier alpha value is -2.02. The Morgan fingerprint density at radius 1 is 1.25 bits per heavy atom. The Kier molecular flexibility index (Phi) is 5.00. The number of nitrogens with zero attached hydrogens (tertiary/aromatic N) is 4. The van der Waals surface area contributed by atoms with Crippen LogP contribution < -0.4 is 0 Å². The Morgan fingerprint density at radius 2 is 2.00 bits per heavy atom. The largest absolute Gasteiger partial charge is 0.290 e. The third-order valence-electron chi connectivity index (χ3n) is 2.65. The van der Waals surface area contributed by atoms with Crippen LogP contribution in [0.25, 0.3) is 0 Å². The molecule has 0 fully saturated rings. The minimum Gasteiger partial charge on any atom is -0.290 e. The van der Waals surface area contributed by atoms with Gasteiger partial charge in [0.15, 0.2) is 0 Å². The number of rotatable bonds is 7. The number of aromatic nitrogens is 4. The molecule has 0 radical (unpaired) electrons. The zero-order valence-corrected chi connectivity index (χ0v) is 11.8. The van der Waals surface area contributed by atoms with E-state index in [0.29, 0.717) is 22.9 Å². The maximum Gasteiger partial charge on any atom is 0.228 e. The number of tetrazole rings is 1. The summed E-state index contributed by atoms with van der Waals surface area (Å²) in [5.41, 5.74) is 0.447. The summed E-state index contributed by atoms with van der Waals surface area (Å²) in [4.78, 5) is 23.6. The molecule has 2 rings (SSSR count). The van der Waals surface area contributed by atoms with Crippen LogP contribution in [0.1, 0.15) is 23.2 Å². The van der Waals surface area contributed by atoms with Crippen LogP contribution in [-0.4, -0.2) is 37.5 Å². The molecule has 104 valence electrons. The van der Waals surface area contributed by atoms with Crippen molar-refractivity contribution < 1.29 is 9.59 Å². The van der Waals surface area contributed by atoms with Gasteiger partial charge in [0.1, 0.15) is 0 Å². The number of thioether (sulfide) groups is 1. The number of aryl methyl sites for hydroxylation is 1. The van der Waals surface area contributed by atoms with Crippen LogP contribution in [0.4, 0.5) is 0 Å². The lowest BCUT2D eigenvalue weighted by molar-refractivity contribution is -0.115. The van der Waals surface area contributed by atoms with E-state index >= 15 is 0 Å². The molecule has 0 saturated heterocycles. The summed E-state index contributed by atoms with van der Waals surface area (Å²) in [5, 5.41) is 11.8. The summed E-state index contributed by atoms with van der Waals surface area (Å²) in [6, 6.07) is 8.61. The normalized spacial score (nSPS) is 10.4. The van der Waals surface area contributed by atoms with E-state index < -0.39 is 5.78 Å². The Morgan fingerprint density at radius 3 is 2.65 bits per heavy atom. The molecular weight excluding hydrogens is 276 g/mol. The van der Waals surface area contributed by atoms with Crippen molar-refractivity contribution in [3.63, 3.8) is 0 Å². The van der Waals surface area contributed by atoms with Gasteiger partial charge in [-0.05, 0) is 16.8 Å². The van der Waals surface area contributed by atoms with E-state index in [9.17, 15) is 9.59 Å². The molecule has 0 atom stereocenters. The number of carbonyl (C=O) groups excluding carboxylic acids is 2. The second kappa shape index (κ2) is 6.95.